The van der Waals surface area contributed by atoms with Crippen LogP contribution in [0.3, 0.4) is 0 Å². The SMILES string of the molecule is C=COC1(O)C=CC=CC1. The van der Waals surface area contributed by atoms with E-state index in [9.17, 15) is 5.11 Å². The molecule has 2 heteroatoms. The third kappa shape index (κ3) is 1.48. The molecule has 0 bridgehead atoms. The predicted molar refractivity (Wildman–Crippen MR) is 39.1 cm³/mol. The van der Waals surface area contributed by atoms with Crippen LogP contribution in [0.25, 0.3) is 0 Å². The molecule has 0 aromatic heterocycles. The van der Waals surface area contributed by atoms with Crippen molar-refractivity contribution in [2.75, 3.05) is 0 Å². The topological polar surface area (TPSA) is 29.5 Å². The smallest absolute Gasteiger partial charge is 0.230 e. The summed E-state index contributed by atoms with van der Waals surface area (Å²) in [6.45, 7) is 3.36. The van der Waals surface area contributed by atoms with E-state index < -0.39 is 5.79 Å². The Morgan fingerprint density at radius 2 is 2.40 bits per heavy atom. The molecule has 1 rings (SSSR count). The summed E-state index contributed by atoms with van der Waals surface area (Å²) in [7, 11) is 0. The lowest BCUT2D eigenvalue weighted by atomic mass is 10.1. The molecular weight excluding hydrogens is 128 g/mol. The van der Waals surface area contributed by atoms with Crippen molar-refractivity contribution < 1.29 is 9.84 Å². The van der Waals surface area contributed by atoms with E-state index in [0.29, 0.717) is 6.42 Å². The van der Waals surface area contributed by atoms with Gasteiger partial charge in [0, 0.05) is 6.42 Å². The quantitative estimate of drug-likeness (QED) is 0.461. The molecule has 0 saturated heterocycles. The average molecular weight is 138 g/mol. The first-order chi connectivity index (χ1) is 4.77. The summed E-state index contributed by atoms with van der Waals surface area (Å²) in [5, 5.41) is 9.44. The van der Waals surface area contributed by atoms with Crippen LogP contribution in [-0.4, -0.2) is 10.9 Å². The van der Waals surface area contributed by atoms with Gasteiger partial charge in [0.1, 0.15) is 0 Å². The summed E-state index contributed by atoms with van der Waals surface area (Å²) in [5.74, 6) is -1.16. The van der Waals surface area contributed by atoms with Crippen molar-refractivity contribution >= 4 is 0 Å². The van der Waals surface area contributed by atoms with Crippen molar-refractivity contribution in [3.8, 4) is 0 Å². The van der Waals surface area contributed by atoms with Gasteiger partial charge in [-0.3, -0.25) is 0 Å². The first kappa shape index (κ1) is 7.09. The second-order valence-corrected chi connectivity index (χ2v) is 2.12. The largest absolute Gasteiger partial charge is 0.467 e. The third-order valence-corrected chi connectivity index (χ3v) is 1.30. The van der Waals surface area contributed by atoms with Crippen LogP contribution in [0.1, 0.15) is 6.42 Å². The summed E-state index contributed by atoms with van der Waals surface area (Å²) in [4.78, 5) is 0. The van der Waals surface area contributed by atoms with Crippen LogP contribution in [0.4, 0.5) is 0 Å². The van der Waals surface area contributed by atoms with Crippen LogP contribution in [0, 0.1) is 0 Å². The summed E-state index contributed by atoms with van der Waals surface area (Å²) in [5.41, 5.74) is 0. The zero-order valence-corrected chi connectivity index (χ0v) is 5.66. The highest BCUT2D eigenvalue weighted by Crippen LogP contribution is 2.18. The first-order valence-corrected chi connectivity index (χ1v) is 3.12. The number of allylic oxidation sites excluding steroid dienone is 2. The van der Waals surface area contributed by atoms with Crippen molar-refractivity contribution in [3.63, 3.8) is 0 Å². The van der Waals surface area contributed by atoms with Gasteiger partial charge in [0.25, 0.3) is 0 Å². The van der Waals surface area contributed by atoms with E-state index in [1.165, 1.54) is 6.26 Å². The van der Waals surface area contributed by atoms with Crippen molar-refractivity contribution in [3.05, 3.63) is 37.1 Å². The van der Waals surface area contributed by atoms with Crippen LogP contribution in [0.5, 0.6) is 0 Å². The molecule has 0 radical (unpaired) electrons. The lowest BCUT2D eigenvalue weighted by Crippen LogP contribution is -2.27. The van der Waals surface area contributed by atoms with Gasteiger partial charge in [0.15, 0.2) is 0 Å². The maximum atomic E-state index is 9.44. The van der Waals surface area contributed by atoms with E-state index >= 15 is 0 Å². The molecule has 1 aliphatic carbocycles. The van der Waals surface area contributed by atoms with Gasteiger partial charge < -0.3 is 9.84 Å². The maximum Gasteiger partial charge on any atom is 0.230 e. The van der Waals surface area contributed by atoms with E-state index in [1.807, 2.05) is 12.2 Å². The fourth-order valence-electron chi connectivity index (χ4n) is 0.821. The van der Waals surface area contributed by atoms with Gasteiger partial charge in [-0.15, -0.1) is 0 Å². The highest BCUT2D eigenvalue weighted by atomic mass is 16.6. The second-order valence-electron chi connectivity index (χ2n) is 2.12. The van der Waals surface area contributed by atoms with Gasteiger partial charge in [0.2, 0.25) is 5.79 Å². The number of hydrogen-bond acceptors (Lipinski definition) is 2. The summed E-state index contributed by atoms with van der Waals surface area (Å²) in [6.07, 6.45) is 8.76. The number of hydrogen-bond donors (Lipinski definition) is 1. The number of aliphatic hydroxyl groups is 1. The predicted octanol–water partition coefficient (Wildman–Crippen LogP) is 1.35. The molecule has 0 fully saturated rings. The fourth-order valence-corrected chi connectivity index (χ4v) is 0.821. The summed E-state index contributed by atoms with van der Waals surface area (Å²) >= 11 is 0. The van der Waals surface area contributed by atoms with E-state index in [-0.39, 0.29) is 0 Å². The summed E-state index contributed by atoms with van der Waals surface area (Å²) < 4.78 is 4.85. The van der Waals surface area contributed by atoms with Gasteiger partial charge in [-0.2, -0.15) is 0 Å². The molecule has 0 aromatic rings. The van der Waals surface area contributed by atoms with E-state index in [1.54, 1.807) is 12.2 Å². The van der Waals surface area contributed by atoms with Gasteiger partial charge in [-0.05, 0) is 6.08 Å². The van der Waals surface area contributed by atoms with Gasteiger partial charge >= 0.3 is 0 Å². The Morgan fingerprint density at radius 1 is 1.60 bits per heavy atom. The lowest BCUT2D eigenvalue weighted by molar-refractivity contribution is -0.123. The molecule has 1 N–H and O–H groups in total. The Labute approximate surface area is 60.1 Å². The Hall–Kier alpha value is -1.02. The molecule has 0 amide bonds. The average Bonchev–Trinajstić information content (AvgIpc) is 1.89. The lowest BCUT2D eigenvalue weighted by Gasteiger charge is -2.23. The molecule has 1 unspecified atom stereocenters. The zero-order valence-electron chi connectivity index (χ0n) is 5.66. The molecule has 0 aliphatic heterocycles. The van der Waals surface area contributed by atoms with Crippen molar-refractivity contribution in [1.82, 2.24) is 0 Å². The van der Waals surface area contributed by atoms with E-state index in [2.05, 4.69) is 6.58 Å². The number of ether oxygens (including phenoxy) is 1. The minimum absolute atomic E-state index is 0.482. The van der Waals surface area contributed by atoms with Gasteiger partial charge in [-0.1, -0.05) is 24.8 Å². The molecule has 1 atom stereocenters. The molecule has 2 nitrogen and oxygen atoms in total. The van der Waals surface area contributed by atoms with Crippen LogP contribution in [-0.2, 0) is 4.74 Å². The molecular formula is C8H10O2. The van der Waals surface area contributed by atoms with Crippen molar-refractivity contribution in [2.45, 2.75) is 12.2 Å². The number of rotatable bonds is 2. The van der Waals surface area contributed by atoms with Crippen LogP contribution < -0.4 is 0 Å². The van der Waals surface area contributed by atoms with Crippen molar-refractivity contribution in [2.24, 2.45) is 0 Å². The molecule has 1 aliphatic rings. The minimum Gasteiger partial charge on any atom is -0.467 e. The fraction of sp³-hybridized carbons (Fsp3) is 0.250. The van der Waals surface area contributed by atoms with Gasteiger partial charge in [0.05, 0.1) is 6.26 Å². The molecule has 0 aromatic carbocycles. The summed E-state index contributed by atoms with van der Waals surface area (Å²) in [6, 6.07) is 0. The van der Waals surface area contributed by atoms with Crippen molar-refractivity contribution in [1.29, 1.82) is 0 Å². The highest BCUT2D eigenvalue weighted by Gasteiger charge is 2.22. The van der Waals surface area contributed by atoms with Crippen LogP contribution in [0.2, 0.25) is 0 Å². The van der Waals surface area contributed by atoms with Crippen LogP contribution >= 0.6 is 0 Å². The normalized spacial score (nSPS) is 30.1. The molecule has 54 valence electrons. The molecule has 0 spiro atoms. The van der Waals surface area contributed by atoms with Crippen LogP contribution in [0.15, 0.2) is 37.1 Å². The molecule has 0 saturated carbocycles. The highest BCUT2D eigenvalue weighted by molar-refractivity contribution is 5.15. The van der Waals surface area contributed by atoms with Gasteiger partial charge in [-0.25, -0.2) is 0 Å². The Kier molecular flexibility index (Phi) is 1.92. The van der Waals surface area contributed by atoms with E-state index in [4.69, 9.17) is 4.74 Å². The zero-order chi connectivity index (χ0) is 7.45. The minimum atomic E-state index is -1.16. The van der Waals surface area contributed by atoms with E-state index in [0.717, 1.165) is 0 Å². The second kappa shape index (κ2) is 2.71. The maximum absolute atomic E-state index is 9.44. The first-order valence-electron chi connectivity index (χ1n) is 3.12. The third-order valence-electron chi connectivity index (χ3n) is 1.30. The monoisotopic (exact) mass is 138 g/mol. The molecule has 0 heterocycles. The Balaban J connectivity index is 2.60. The Bertz CT molecular complexity index is 178. The molecule has 10 heavy (non-hydrogen) atoms. The standard InChI is InChI=1S/C8H10O2/c1-2-10-8(9)6-4-3-5-7-8/h2-6,9H,1,7H2. The Morgan fingerprint density at radius 3 is 2.90 bits per heavy atom.